The molecule has 0 aromatic carbocycles. The summed E-state index contributed by atoms with van der Waals surface area (Å²) in [6.07, 6.45) is -1.73. The van der Waals surface area contributed by atoms with Gasteiger partial charge in [-0.2, -0.15) is 18.3 Å². The number of aromatic nitrogens is 2. The molecule has 1 atom stereocenters. The van der Waals surface area contributed by atoms with Crippen LogP contribution >= 0.6 is 0 Å². The Balaban J connectivity index is 2.16. The van der Waals surface area contributed by atoms with Gasteiger partial charge in [0.25, 0.3) is 0 Å². The molecule has 2 heterocycles. The highest BCUT2D eigenvalue weighted by Crippen LogP contribution is 2.44. The smallest absolute Gasteiger partial charge is 0.340 e. The van der Waals surface area contributed by atoms with E-state index in [1.807, 2.05) is 0 Å². The molecule has 1 aliphatic rings. The van der Waals surface area contributed by atoms with Crippen LogP contribution in [0.15, 0.2) is 12.4 Å². The van der Waals surface area contributed by atoms with E-state index in [1.165, 1.54) is 13.2 Å². The van der Waals surface area contributed by atoms with Crippen LogP contribution < -0.4 is 5.32 Å². The second-order valence-electron chi connectivity index (χ2n) is 4.77. The average molecular weight is 276 g/mol. The molecular formula is C11H15F3N4O. The van der Waals surface area contributed by atoms with Crippen LogP contribution in [0, 0.1) is 5.41 Å². The molecule has 1 aromatic heterocycles. The monoisotopic (exact) mass is 276 g/mol. The van der Waals surface area contributed by atoms with Gasteiger partial charge in [-0.3, -0.25) is 9.89 Å². The van der Waals surface area contributed by atoms with E-state index >= 15 is 0 Å². The number of halogens is 3. The van der Waals surface area contributed by atoms with Crippen molar-refractivity contribution in [2.75, 3.05) is 20.1 Å². The molecule has 0 bridgehead atoms. The number of rotatable bonds is 3. The molecule has 1 fully saturated rings. The predicted octanol–water partition coefficient (Wildman–Crippen LogP) is 0.910. The molecule has 0 saturated carbocycles. The summed E-state index contributed by atoms with van der Waals surface area (Å²) >= 11 is 0. The molecule has 0 spiro atoms. The maximum Gasteiger partial charge on any atom is 0.404 e. The average Bonchev–Trinajstić information content (AvgIpc) is 2.97. The lowest BCUT2D eigenvalue weighted by atomic mass is 9.84. The van der Waals surface area contributed by atoms with E-state index in [9.17, 15) is 18.0 Å². The Bertz CT molecular complexity index is 437. The van der Waals surface area contributed by atoms with Gasteiger partial charge in [0, 0.05) is 31.9 Å². The normalized spacial score (nSPS) is 23.6. The SMILES string of the molecule is CN(Cc1cn[nH]c1)C(=O)C1(C(F)(F)F)CCNC1. The maximum atomic E-state index is 13.2. The third-order valence-corrected chi connectivity index (χ3v) is 3.43. The standard InChI is InChI=1S/C11H15F3N4O/c1-18(6-8-4-16-17-5-8)9(19)10(11(12,13)14)2-3-15-7-10/h4-5,15H,2-3,6-7H2,1H3,(H,16,17). The van der Waals surface area contributed by atoms with Crippen LogP contribution in [0.5, 0.6) is 0 Å². The number of hydrogen-bond acceptors (Lipinski definition) is 3. The first-order valence-corrected chi connectivity index (χ1v) is 5.87. The first kappa shape index (κ1) is 13.9. The summed E-state index contributed by atoms with van der Waals surface area (Å²) in [4.78, 5) is 13.3. The Morgan fingerprint density at radius 2 is 2.32 bits per heavy atom. The summed E-state index contributed by atoms with van der Waals surface area (Å²) in [7, 11) is 1.38. The number of nitrogens with one attached hydrogen (secondary N) is 2. The van der Waals surface area contributed by atoms with Gasteiger partial charge in [0.15, 0.2) is 5.41 Å². The fourth-order valence-corrected chi connectivity index (χ4v) is 2.31. The lowest BCUT2D eigenvalue weighted by Crippen LogP contribution is -2.52. The van der Waals surface area contributed by atoms with Crippen molar-refractivity contribution in [1.29, 1.82) is 0 Å². The molecule has 1 saturated heterocycles. The third kappa shape index (κ3) is 2.44. The molecule has 19 heavy (non-hydrogen) atoms. The van der Waals surface area contributed by atoms with Crippen LogP contribution in [0.1, 0.15) is 12.0 Å². The lowest BCUT2D eigenvalue weighted by molar-refractivity contribution is -0.221. The summed E-state index contributed by atoms with van der Waals surface area (Å²) in [5.41, 5.74) is -1.63. The lowest BCUT2D eigenvalue weighted by Gasteiger charge is -2.33. The van der Waals surface area contributed by atoms with Crippen molar-refractivity contribution in [2.24, 2.45) is 5.41 Å². The Morgan fingerprint density at radius 1 is 1.58 bits per heavy atom. The van der Waals surface area contributed by atoms with Crippen LogP contribution in [0.2, 0.25) is 0 Å². The summed E-state index contributed by atoms with van der Waals surface area (Å²) in [5.74, 6) is -0.897. The molecule has 1 unspecified atom stereocenters. The maximum absolute atomic E-state index is 13.2. The van der Waals surface area contributed by atoms with Crippen LogP contribution in [-0.4, -0.2) is 47.3 Å². The van der Waals surface area contributed by atoms with Gasteiger partial charge in [-0.15, -0.1) is 0 Å². The fraction of sp³-hybridized carbons (Fsp3) is 0.636. The highest BCUT2D eigenvalue weighted by atomic mass is 19.4. The first-order valence-electron chi connectivity index (χ1n) is 5.87. The number of alkyl halides is 3. The Labute approximate surface area is 108 Å². The number of carbonyl (C=O) groups excluding carboxylic acids is 1. The minimum Gasteiger partial charge on any atom is -0.340 e. The van der Waals surface area contributed by atoms with Crippen LogP contribution in [0.25, 0.3) is 0 Å². The summed E-state index contributed by atoms with van der Waals surface area (Å²) in [6, 6.07) is 0. The van der Waals surface area contributed by atoms with E-state index < -0.39 is 17.5 Å². The summed E-state index contributed by atoms with van der Waals surface area (Å²) in [5, 5.41) is 8.89. The van der Waals surface area contributed by atoms with E-state index in [4.69, 9.17) is 0 Å². The molecule has 0 aliphatic carbocycles. The van der Waals surface area contributed by atoms with E-state index in [-0.39, 0.29) is 26.1 Å². The van der Waals surface area contributed by atoms with E-state index in [0.717, 1.165) is 4.90 Å². The zero-order valence-electron chi connectivity index (χ0n) is 10.4. The van der Waals surface area contributed by atoms with Crippen molar-refractivity contribution in [1.82, 2.24) is 20.4 Å². The van der Waals surface area contributed by atoms with Gasteiger partial charge in [0.05, 0.1) is 6.20 Å². The van der Waals surface area contributed by atoms with Crippen LogP contribution in [-0.2, 0) is 11.3 Å². The van der Waals surface area contributed by atoms with E-state index in [2.05, 4.69) is 15.5 Å². The third-order valence-electron chi connectivity index (χ3n) is 3.43. The molecule has 1 aliphatic heterocycles. The van der Waals surface area contributed by atoms with Crippen molar-refractivity contribution in [3.63, 3.8) is 0 Å². The van der Waals surface area contributed by atoms with E-state index in [0.29, 0.717) is 5.56 Å². The molecule has 5 nitrogen and oxygen atoms in total. The minimum absolute atomic E-state index is 0.104. The van der Waals surface area contributed by atoms with E-state index in [1.54, 1.807) is 6.20 Å². The molecular weight excluding hydrogens is 261 g/mol. The molecule has 1 aromatic rings. The Kier molecular flexibility index (Phi) is 3.53. The molecule has 0 radical (unpaired) electrons. The van der Waals surface area contributed by atoms with Gasteiger partial charge in [0.1, 0.15) is 0 Å². The van der Waals surface area contributed by atoms with Crippen LogP contribution in [0.4, 0.5) is 13.2 Å². The van der Waals surface area contributed by atoms with Crippen molar-refractivity contribution in [2.45, 2.75) is 19.1 Å². The molecule has 2 N–H and O–H groups in total. The summed E-state index contributed by atoms with van der Waals surface area (Å²) < 4.78 is 39.6. The first-order chi connectivity index (χ1) is 8.87. The number of hydrogen-bond donors (Lipinski definition) is 2. The van der Waals surface area contributed by atoms with Gasteiger partial charge >= 0.3 is 6.18 Å². The van der Waals surface area contributed by atoms with Gasteiger partial charge in [-0.1, -0.05) is 0 Å². The molecule has 1 amide bonds. The second kappa shape index (κ2) is 4.84. The van der Waals surface area contributed by atoms with Gasteiger partial charge in [-0.05, 0) is 13.0 Å². The minimum atomic E-state index is -4.54. The highest BCUT2D eigenvalue weighted by molar-refractivity contribution is 5.84. The van der Waals surface area contributed by atoms with Crippen molar-refractivity contribution in [3.05, 3.63) is 18.0 Å². The van der Waals surface area contributed by atoms with Gasteiger partial charge in [-0.25, -0.2) is 0 Å². The predicted molar refractivity (Wildman–Crippen MR) is 61.0 cm³/mol. The molecule has 8 heteroatoms. The van der Waals surface area contributed by atoms with Crippen LogP contribution in [0.3, 0.4) is 0 Å². The fourth-order valence-electron chi connectivity index (χ4n) is 2.31. The molecule has 2 rings (SSSR count). The second-order valence-corrected chi connectivity index (χ2v) is 4.77. The number of carbonyl (C=O) groups is 1. The highest BCUT2D eigenvalue weighted by Gasteiger charge is 2.62. The quantitative estimate of drug-likeness (QED) is 0.862. The topological polar surface area (TPSA) is 61.0 Å². The number of amides is 1. The van der Waals surface area contributed by atoms with Crippen molar-refractivity contribution < 1.29 is 18.0 Å². The Hall–Kier alpha value is -1.57. The zero-order chi connectivity index (χ0) is 14.1. The Morgan fingerprint density at radius 3 is 2.79 bits per heavy atom. The van der Waals surface area contributed by atoms with Gasteiger partial charge < -0.3 is 10.2 Å². The summed E-state index contributed by atoms with van der Waals surface area (Å²) in [6.45, 7) is -0.0526. The number of nitrogens with zero attached hydrogens (tertiary/aromatic N) is 2. The van der Waals surface area contributed by atoms with Crippen molar-refractivity contribution in [3.8, 4) is 0 Å². The van der Waals surface area contributed by atoms with Crippen molar-refractivity contribution >= 4 is 5.91 Å². The number of H-pyrrole nitrogens is 1. The molecule has 106 valence electrons. The largest absolute Gasteiger partial charge is 0.404 e. The van der Waals surface area contributed by atoms with Gasteiger partial charge in [0.2, 0.25) is 5.91 Å². The number of aromatic amines is 1. The zero-order valence-corrected chi connectivity index (χ0v) is 10.4.